The molecule has 0 spiro atoms. The minimum atomic E-state index is 0.131. The van der Waals surface area contributed by atoms with Gasteiger partial charge in [-0.15, -0.1) is 0 Å². The van der Waals surface area contributed by atoms with Gasteiger partial charge in [0.05, 0.1) is 30.6 Å². The molecule has 0 aliphatic heterocycles. The quantitative estimate of drug-likeness (QED) is 0.628. The van der Waals surface area contributed by atoms with Gasteiger partial charge in [-0.2, -0.15) is 0 Å². The molecule has 0 amide bonds. The van der Waals surface area contributed by atoms with Crippen molar-refractivity contribution in [3.8, 4) is 11.5 Å². The monoisotopic (exact) mass is 380 g/mol. The van der Waals surface area contributed by atoms with Crippen molar-refractivity contribution >= 4 is 22.7 Å². The van der Waals surface area contributed by atoms with Crippen LogP contribution in [0.5, 0.6) is 11.5 Å². The second-order valence-corrected chi connectivity index (χ2v) is 6.85. The van der Waals surface area contributed by atoms with E-state index in [0.717, 1.165) is 36.7 Å². The van der Waals surface area contributed by atoms with Gasteiger partial charge < -0.3 is 20.5 Å². The maximum atomic E-state index is 6.23. The topological polar surface area (TPSA) is 108 Å². The minimum absolute atomic E-state index is 0.131. The van der Waals surface area contributed by atoms with E-state index in [1.807, 2.05) is 19.1 Å². The lowest BCUT2D eigenvalue weighted by Gasteiger charge is -2.29. The molecule has 28 heavy (non-hydrogen) atoms. The van der Waals surface area contributed by atoms with E-state index in [9.17, 15) is 0 Å². The third-order valence-corrected chi connectivity index (χ3v) is 4.80. The maximum Gasteiger partial charge on any atom is 0.223 e. The maximum absolute atomic E-state index is 6.23. The summed E-state index contributed by atoms with van der Waals surface area (Å²) >= 11 is 0. The summed E-state index contributed by atoms with van der Waals surface area (Å²) in [5, 5.41) is 3.40. The van der Waals surface area contributed by atoms with E-state index >= 15 is 0 Å². The molecule has 2 aromatic heterocycles. The van der Waals surface area contributed by atoms with E-state index in [1.165, 1.54) is 0 Å². The van der Waals surface area contributed by atoms with E-state index in [-0.39, 0.29) is 6.10 Å². The van der Waals surface area contributed by atoms with Gasteiger partial charge in [0, 0.05) is 30.2 Å². The van der Waals surface area contributed by atoms with E-state index in [2.05, 4.69) is 25.3 Å². The zero-order valence-corrected chi connectivity index (χ0v) is 15.8. The van der Waals surface area contributed by atoms with Gasteiger partial charge in [-0.05, 0) is 38.7 Å². The number of fused-ring (bicyclic) bond motifs is 1. The fraction of sp³-hybridized carbons (Fsp3) is 0.400. The summed E-state index contributed by atoms with van der Waals surface area (Å²) in [5.41, 5.74) is 8.12. The van der Waals surface area contributed by atoms with Gasteiger partial charge in [-0.1, -0.05) is 0 Å². The van der Waals surface area contributed by atoms with Crippen LogP contribution in [0.25, 0.3) is 11.0 Å². The van der Waals surface area contributed by atoms with Gasteiger partial charge in [-0.25, -0.2) is 15.0 Å². The predicted molar refractivity (Wildman–Crippen MR) is 107 cm³/mol. The van der Waals surface area contributed by atoms with E-state index < -0.39 is 0 Å². The number of hydrogen-bond donors (Lipinski definition) is 2. The lowest BCUT2D eigenvalue weighted by atomic mass is 9.93. The van der Waals surface area contributed by atoms with Crippen molar-refractivity contribution in [1.82, 2.24) is 19.9 Å². The van der Waals surface area contributed by atoms with E-state index in [4.69, 9.17) is 15.2 Å². The zero-order chi connectivity index (χ0) is 19.3. The Morgan fingerprint density at radius 1 is 1.04 bits per heavy atom. The zero-order valence-electron chi connectivity index (χ0n) is 15.8. The molecule has 1 aliphatic carbocycles. The van der Waals surface area contributed by atoms with Crippen LogP contribution in [0, 0.1) is 0 Å². The van der Waals surface area contributed by atoms with Crippen LogP contribution in [0.15, 0.2) is 36.9 Å². The number of hydrogen-bond acceptors (Lipinski definition) is 8. The summed E-state index contributed by atoms with van der Waals surface area (Å²) < 4.78 is 11.6. The Morgan fingerprint density at radius 2 is 1.79 bits per heavy atom. The van der Waals surface area contributed by atoms with E-state index in [1.54, 1.807) is 24.8 Å². The smallest absolute Gasteiger partial charge is 0.223 e. The molecule has 8 nitrogen and oxygen atoms in total. The number of aromatic nitrogens is 4. The van der Waals surface area contributed by atoms with Crippen LogP contribution < -0.4 is 20.5 Å². The first-order valence-electron chi connectivity index (χ1n) is 9.59. The van der Waals surface area contributed by atoms with Crippen molar-refractivity contribution in [2.24, 2.45) is 0 Å². The van der Waals surface area contributed by atoms with Crippen LogP contribution >= 0.6 is 0 Å². The fourth-order valence-corrected chi connectivity index (χ4v) is 3.47. The normalized spacial score (nSPS) is 19.3. The average molecular weight is 380 g/mol. The molecule has 3 N–H and O–H groups in total. The molecule has 8 heteroatoms. The number of rotatable bonds is 6. The first-order valence-corrected chi connectivity index (χ1v) is 9.59. The molecule has 1 aliphatic rings. The Labute approximate surface area is 163 Å². The summed E-state index contributed by atoms with van der Waals surface area (Å²) in [6, 6.07) is 3.97. The Bertz CT molecular complexity index is 926. The summed E-state index contributed by atoms with van der Waals surface area (Å²) in [5.74, 6) is 2.02. The number of nitrogens with two attached hydrogens (primary N) is 1. The lowest BCUT2D eigenvalue weighted by Crippen LogP contribution is -2.31. The molecule has 0 atom stereocenters. The lowest BCUT2D eigenvalue weighted by molar-refractivity contribution is 0.152. The molecular formula is C20H24N6O2. The van der Waals surface area contributed by atoms with Gasteiger partial charge in [0.2, 0.25) is 5.95 Å². The van der Waals surface area contributed by atoms with Crippen molar-refractivity contribution in [3.63, 3.8) is 0 Å². The molecule has 0 bridgehead atoms. The largest absolute Gasteiger partial charge is 0.491 e. The van der Waals surface area contributed by atoms with Gasteiger partial charge in [-0.3, -0.25) is 4.98 Å². The number of nitrogens with one attached hydrogen (secondary N) is 1. The molecule has 2 heterocycles. The van der Waals surface area contributed by atoms with Crippen molar-refractivity contribution in [1.29, 1.82) is 0 Å². The Morgan fingerprint density at radius 3 is 2.54 bits per heavy atom. The SMILES string of the molecule is CCOc1cnc(NC2CCC(Oc3cc(N)cc4nccnc34)CC2)nc1. The summed E-state index contributed by atoms with van der Waals surface area (Å²) in [4.78, 5) is 17.3. The van der Waals surface area contributed by atoms with Crippen LogP contribution in [-0.4, -0.2) is 38.7 Å². The highest BCUT2D eigenvalue weighted by Gasteiger charge is 2.24. The first-order chi connectivity index (χ1) is 13.7. The number of anilines is 2. The third kappa shape index (κ3) is 4.21. The molecule has 0 saturated heterocycles. The van der Waals surface area contributed by atoms with E-state index in [0.29, 0.717) is 35.8 Å². The highest BCUT2D eigenvalue weighted by Crippen LogP contribution is 2.30. The fourth-order valence-electron chi connectivity index (χ4n) is 3.47. The van der Waals surface area contributed by atoms with Crippen LogP contribution in [0.2, 0.25) is 0 Å². The molecule has 1 saturated carbocycles. The number of nitrogens with zero attached hydrogens (tertiary/aromatic N) is 4. The average Bonchev–Trinajstić information content (AvgIpc) is 2.71. The minimum Gasteiger partial charge on any atom is -0.491 e. The Hall–Kier alpha value is -3.16. The molecule has 4 rings (SSSR count). The summed E-state index contributed by atoms with van der Waals surface area (Å²) in [6.07, 6.45) is 10.7. The van der Waals surface area contributed by atoms with Crippen LogP contribution in [0.4, 0.5) is 11.6 Å². The number of nitrogen functional groups attached to an aromatic ring is 1. The first kappa shape index (κ1) is 18.2. The molecule has 0 unspecified atom stereocenters. The van der Waals surface area contributed by atoms with Gasteiger partial charge in [0.15, 0.2) is 5.75 Å². The molecule has 1 aromatic carbocycles. The third-order valence-electron chi connectivity index (χ3n) is 4.80. The van der Waals surface area contributed by atoms with Crippen LogP contribution in [0.1, 0.15) is 32.6 Å². The highest BCUT2D eigenvalue weighted by atomic mass is 16.5. The Kier molecular flexibility index (Phi) is 5.36. The number of benzene rings is 1. The van der Waals surface area contributed by atoms with Gasteiger partial charge >= 0.3 is 0 Å². The second kappa shape index (κ2) is 8.24. The summed E-state index contributed by atoms with van der Waals surface area (Å²) in [7, 11) is 0. The standard InChI is InChI=1S/C20H24N6O2/c1-2-27-16-11-24-20(25-12-16)26-14-3-5-15(6-4-14)28-18-10-13(21)9-17-19(18)23-8-7-22-17/h7-12,14-15H,2-6,21H2,1H3,(H,24,25,26). The van der Waals surface area contributed by atoms with Crippen LogP contribution in [-0.2, 0) is 0 Å². The van der Waals surface area contributed by atoms with Gasteiger partial charge in [0.1, 0.15) is 11.3 Å². The second-order valence-electron chi connectivity index (χ2n) is 6.85. The molecular weight excluding hydrogens is 356 g/mol. The van der Waals surface area contributed by atoms with Crippen molar-refractivity contribution in [3.05, 3.63) is 36.9 Å². The van der Waals surface area contributed by atoms with Crippen molar-refractivity contribution in [2.45, 2.75) is 44.8 Å². The van der Waals surface area contributed by atoms with Crippen molar-refractivity contribution < 1.29 is 9.47 Å². The predicted octanol–water partition coefficient (Wildman–Crippen LogP) is 3.20. The highest BCUT2D eigenvalue weighted by molar-refractivity contribution is 5.84. The molecule has 3 aromatic rings. The summed E-state index contributed by atoms with van der Waals surface area (Å²) in [6.45, 7) is 2.54. The molecule has 0 radical (unpaired) electrons. The molecule has 146 valence electrons. The Balaban J connectivity index is 1.34. The van der Waals surface area contributed by atoms with Gasteiger partial charge in [0.25, 0.3) is 0 Å². The van der Waals surface area contributed by atoms with Crippen LogP contribution in [0.3, 0.4) is 0 Å². The number of ether oxygens (including phenoxy) is 2. The molecule has 1 fully saturated rings. The van der Waals surface area contributed by atoms with Crippen molar-refractivity contribution in [2.75, 3.05) is 17.7 Å².